The summed E-state index contributed by atoms with van der Waals surface area (Å²) in [6.45, 7) is 1.11. The Kier molecular flexibility index (Phi) is 5.59. The van der Waals surface area contributed by atoms with Gasteiger partial charge in [0.15, 0.2) is 0 Å². The Balaban J connectivity index is 2.18. The molecule has 2 N–H and O–H groups in total. The molecule has 2 aromatic rings. The van der Waals surface area contributed by atoms with E-state index < -0.39 is 5.82 Å². The lowest BCUT2D eigenvalue weighted by Crippen LogP contribution is -2.30. The van der Waals surface area contributed by atoms with Gasteiger partial charge in [-0.25, -0.2) is 4.39 Å². The monoisotopic (exact) mass is 326 g/mol. The summed E-state index contributed by atoms with van der Waals surface area (Å²) >= 11 is 11.8. The molecule has 0 saturated carbocycles. The minimum atomic E-state index is -0.423. The minimum absolute atomic E-state index is 0.0397. The maximum atomic E-state index is 13.3. The van der Waals surface area contributed by atoms with Crippen LogP contribution in [0, 0.1) is 5.82 Å². The van der Waals surface area contributed by atoms with Gasteiger partial charge >= 0.3 is 0 Å². The van der Waals surface area contributed by atoms with Crippen LogP contribution >= 0.6 is 23.2 Å². The van der Waals surface area contributed by atoms with Gasteiger partial charge in [-0.1, -0.05) is 41.4 Å². The number of benzene rings is 2. The summed E-state index contributed by atoms with van der Waals surface area (Å²) < 4.78 is 13.3. The molecular formula is C16H17Cl2FN2. The first-order valence-electron chi connectivity index (χ1n) is 6.61. The fourth-order valence-corrected chi connectivity index (χ4v) is 2.73. The molecule has 0 aliphatic carbocycles. The average molecular weight is 327 g/mol. The molecular weight excluding hydrogens is 310 g/mol. The highest BCUT2D eigenvalue weighted by Crippen LogP contribution is 2.25. The first-order chi connectivity index (χ1) is 10.0. The summed E-state index contributed by atoms with van der Waals surface area (Å²) in [5.41, 5.74) is 7.86. The van der Waals surface area contributed by atoms with Gasteiger partial charge < -0.3 is 5.73 Å². The second-order valence-corrected chi connectivity index (χ2v) is 5.81. The van der Waals surface area contributed by atoms with E-state index >= 15 is 0 Å². The normalized spacial score (nSPS) is 12.7. The van der Waals surface area contributed by atoms with Gasteiger partial charge in [0, 0.05) is 24.2 Å². The third-order valence-corrected chi connectivity index (χ3v) is 3.93. The lowest BCUT2D eigenvalue weighted by atomic mass is 10.0. The fraction of sp³-hybridized carbons (Fsp3) is 0.250. The van der Waals surface area contributed by atoms with Gasteiger partial charge in [0.25, 0.3) is 0 Å². The number of hydrogen-bond acceptors (Lipinski definition) is 2. The predicted octanol–water partition coefficient (Wildman–Crippen LogP) is 4.26. The second kappa shape index (κ2) is 7.23. The van der Waals surface area contributed by atoms with Gasteiger partial charge in [-0.05, 0) is 42.4 Å². The molecule has 0 aromatic heterocycles. The molecule has 21 heavy (non-hydrogen) atoms. The number of nitrogens with two attached hydrogens (primary N) is 1. The molecule has 0 fully saturated rings. The molecule has 2 rings (SSSR count). The molecule has 0 spiro atoms. The molecule has 0 aliphatic rings. The highest BCUT2D eigenvalue weighted by atomic mass is 35.5. The minimum Gasteiger partial charge on any atom is -0.329 e. The Morgan fingerprint density at radius 3 is 2.57 bits per heavy atom. The highest BCUT2D eigenvalue weighted by molar-refractivity contribution is 6.31. The van der Waals surface area contributed by atoms with Crippen LogP contribution in [0.15, 0.2) is 42.5 Å². The molecule has 0 saturated heterocycles. The first-order valence-corrected chi connectivity index (χ1v) is 7.36. The number of rotatable bonds is 5. The molecule has 0 bridgehead atoms. The van der Waals surface area contributed by atoms with E-state index in [0.29, 0.717) is 18.1 Å². The van der Waals surface area contributed by atoms with E-state index in [-0.39, 0.29) is 11.1 Å². The SMILES string of the molecule is CN(Cc1cccc(Cl)c1)C(CN)c1ccc(F)c(Cl)c1. The number of halogens is 3. The van der Waals surface area contributed by atoms with Crippen molar-refractivity contribution < 1.29 is 4.39 Å². The molecule has 0 heterocycles. The lowest BCUT2D eigenvalue weighted by molar-refractivity contribution is 0.241. The quantitative estimate of drug-likeness (QED) is 0.889. The van der Waals surface area contributed by atoms with E-state index in [9.17, 15) is 4.39 Å². The van der Waals surface area contributed by atoms with Crippen molar-refractivity contribution in [2.75, 3.05) is 13.6 Å². The van der Waals surface area contributed by atoms with Crippen LogP contribution in [0.5, 0.6) is 0 Å². The van der Waals surface area contributed by atoms with E-state index in [2.05, 4.69) is 4.90 Å². The standard InChI is InChI=1S/C16H17Cl2FN2/c1-21(10-11-3-2-4-13(17)7-11)16(9-20)12-5-6-15(19)14(18)8-12/h2-8,16H,9-10,20H2,1H3. The summed E-state index contributed by atoms with van der Waals surface area (Å²) in [7, 11) is 1.97. The molecule has 2 nitrogen and oxygen atoms in total. The van der Waals surface area contributed by atoms with Crippen LogP contribution in [0.1, 0.15) is 17.2 Å². The van der Waals surface area contributed by atoms with Crippen molar-refractivity contribution in [1.29, 1.82) is 0 Å². The summed E-state index contributed by atoms with van der Waals surface area (Å²) in [6.07, 6.45) is 0. The van der Waals surface area contributed by atoms with Crippen LogP contribution < -0.4 is 5.73 Å². The molecule has 0 aliphatic heterocycles. The number of hydrogen-bond donors (Lipinski definition) is 1. The zero-order valence-corrected chi connectivity index (χ0v) is 13.2. The Morgan fingerprint density at radius 1 is 1.19 bits per heavy atom. The van der Waals surface area contributed by atoms with Crippen LogP contribution in [-0.4, -0.2) is 18.5 Å². The first kappa shape index (κ1) is 16.2. The van der Waals surface area contributed by atoms with Gasteiger partial charge in [0.05, 0.1) is 5.02 Å². The molecule has 5 heteroatoms. The highest BCUT2D eigenvalue weighted by Gasteiger charge is 2.17. The van der Waals surface area contributed by atoms with Gasteiger partial charge in [-0.2, -0.15) is 0 Å². The van der Waals surface area contributed by atoms with E-state index in [4.69, 9.17) is 28.9 Å². The topological polar surface area (TPSA) is 29.3 Å². The summed E-state index contributed by atoms with van der Waals surface area (Å²) in [4.78, 5) is 2.09. The van der Waals surface area contributed by atoms with E-state index in [1.54, 1.807) is 12.1 Å². The van der Waals surface area contributed by atoms with Crippen molar-refractivity contribution in [3.8, 4) is 0 Å². The van der Waals surface area contributed by atoms with Gasteiger partial charge in [-0.15, -0.1) is 0 Å². The fourth-order valence-electron chi connectivity index (χ4n) is 2.32. The second-order valence-electron chi connectivity index (χ2n) is 4.97. The van der Waals surface area contributed by atoms with Crippen molar-refractivity contribution in [3.05, 3.63) is 69.5 Å². The van der Waals surface area contributed by atoms with Crippen molar-refractivity contribution >= 4 is 23.2 Å². The Hall–Kier alpha value is -1.13. The smallest absolute Gasteiger partial charge is 0.141 e. The number of nitrogens with zero attached hydrogens (tertiary/aromatic N) is 1. The zero-order chi connectivity index (χ0) is 15.4. The Labute approximate surface area is 134 Å². The average Bonchev–Trinajstić information content (AvgIpc) is 2.43. The summed E-state index contributed by atoms with van der Waals surface area (Å²) in [5.74, 6) is -0.423. The summed E-state index contributed by atoms with van der Waals surface area (Å²) in [6, 6.07) is 12.4. The maximum Gasteiger partial charge on any atom is 0.141 e. The zero-order valence-electron chi connectivity index (χ0n) is 11.7. The Morgan fingerprint density at radius 2 is 1.95 bits per heavy atom. The van der Waals surface area contributed by atoms with E-state index in [0.717, 1.165) is 11.1 Å². The van der Waals surface area contributed by atoms with Gasteiger partial charge in [0.1, 0.15) is 5.82 Å². The van der Waals surface area contributed by atoms with E-state index in [1.165, 1.54) is 6.07 Å². The molecule has 2 aromatic carbocycles. The van der Waals surface area contributed by atoms with Gasteiger partial charge in [0.2, 0.25) is 0 Å². The van der Waals surface area contributed by atoms with Crippen molar-refractivity contribution in [2.45, 2.75) is 12.6 Å². The van der Waals surface area contributed by atoms with Crippen molar-refractivity contribution in [3.63, 3.8) is 0 Å². The predicted molar refractivity (Wildman–Crippen MR) is 86.1 cm³/mol. The Bertz CT molecular complexity index is 619. The van der Waals surface area contributed by atoms with Crippen LogP contribution in [-0.2, 0) is 6.54 Å². The maximum absolute atomic E-state index is 13.3. The molecule has 0 radical (unpaired) electrons. The third kappa shape index (κ3) is 4.17. The van der Waals surface area contributed by atoms with Crippen LogP contribution in [0.2, 0.25) is 10.0 Å². The van der Waals surface area contributed by atoms with Crippen LogP contribution in [0.25, 0.3) is 0 Å². The molecule has 1 unspecified atom stereocenters. The van der Waals surface area contributed by atoms with Crippen molar-refractivity contribution in [1.82, 2.24) is 4.90 Å². The number of likely N-dealkylation sites (N-methyl/N-ethyl adjacent to an activating group) is 1. The lowest BCUT2D eigenvalue weighted by Gasteiger charge is -2.27. The van der Waals surface area contributed by atoms with Crippen molar-refractivity contribution in [2.24, 2.45) is 5.73 Å². The van der Waals surface area contributed by atoms with Crippen LogP contribution in [0.3, 0.4) is 0 Å². The largest absolute Gasteiger partial charge is 0.329 e. The molecule has 1 atom stereocenters. The molecule has 112 valence electrons. The summed E-state index contributed by atoms with van der Waals surface area (Å²) in [5, 5.41) is 0.817. The molecule has 0 amide bonds. The van der Waals surface area contributed by atoms with Gasteiger partial charge in [-0.3, -0.25) is 4.90 Å². The third-order valence-electron chi connectivity index (χ3n) is 3.40. The van der Waals surface area contributed by atoms with E-state index in [1.807, 2.05) is 31.3 Å². The van der Waals surface area contributed by atoms with Crippen LogP contribution in [0.4, 0.5) is 4.39 Å².